The maximum Gasteiger partial charge on any atom is 0.336 e. The number of aryl methyl sites for hydroxylation is 1. The van der Waals surface area contributed by atoms with Crippen LogP contribution in [0.1, 0.15) is 25.8 Å². The van der Waals surface area contributed by atoms with Gasteiger partial charge in [-0.15, -0.1) is 0 Å². The Kier molecular flexibility index (Phi) is 6.38. The smallest absolute Gasteiger partial charge is 0.336 e. The number of nitrogens with one attached hydrogen (secondary N) is 1. The second kappa shape index (κ2) is 8.51. The van der Waals surface area contributed by atoms with Gasteiger partial charge in [-0.1, -0.05) is 20.3 Å². The van der Waals surface area contributed by atoms with Gasteiger partial charge in [0.1, 0.15) is 17.4 Å². The molecule has 7 nitrogen and oxygen atoms in total. The van der Waals surface area contributed by atoms with Gasteiger partial charge in [-0.3, -0.25) is 4.79 Å². The van der Waals surface area contributed by atoms with E-state index in [2.05, 4.69) is 5.32 Å². The Bertz CT molecular complexity index is 857. The van der Waals surface area contributed by atoms with Gasteiger partial charge in [-0.05, 0) is 30.5 Å². The molecular formula is C19H23NO6. The van der Waals surface area contributed by atoms with Crippen LogP contribution in [0.2, 0.25) is 0 Å². The van der Waals surface area contributed by atoms with Crippen molar-refractivity contribution < 1.29 is 23.5 Å². The van der Waals surface area contributed by atoms with Crippen LogP contribution < -0.4 is 15.7 Å². The molecule has 0 aliphatic heterocycles. The van der Waals surface area contributed by atoms with Gasteiger partial charge in [0.05, 0.1) is 7.11 Å². The van der Waals surface area contributed by atoms with E-state index in [0.717, 1.165) is 10.9 Å². The fourth-order valence-corrected chi connectivity index (χ4v) is 2.56. The topological polar surface area (TPSA) is 94.8 Å². The molecule has 0 radical (unpaired) electrons. The molecule has 0 spiro atoms. The molecule has 2 rings (SSSR count). The third kappa shape index (κ3) is 4.62. The highest BCUT2D eigenvalue weighted by molar-refractivity contribution is 5.85. The monoisotopic (exact) mass is 361 g/mol. The van der Waals surface area contributed by atoms with E-state index in [9.17, 15) is 14.4 Å². The zero-order valence-corrected chi connectivity index (χ0v) is 15.3. The van der Waals surface area contributed by atoms with Crippen LogP contribution in [0.25, 0.3) is 11.0 Å². The first-order chi connectivity index (χ1) is 12.3. The fraction of sp³-hybridized carbons (Fsp3) is 0.421. The summed E-state index contributed by atoms with van der Waals surface area (Å²) in [6, 6.07) is 5.70. The number of hydrogen-bond donors (Lipinski definition) is 1. The Morgan fingerprint density at radius 2 is 2.00 bits per heavy atom. The normalized spacial score (nSPS) is 13.1. The molecule has 0 aliphatic rings. The predicted octanol–water partition coefficient (Wildman–Crippen LogP) is 2.18. The maximum atomic E-state index is 12.1. The molecule has 0 saturated carbocycles. The second-order valence-corrected chi connectivity index (χ2v) is 6.15. The second-order valence-electron chi connectivity index (χ2n) is 6.15. The van der Waals surface area contributed by atoms with Crippen molar-refractivity contribution in [2.75, 3.05) is 13.7 Å². The molecule has 26 heavy (non-hydrogen) atoms. The van der Waals surface area contributed by atoms with E-state index in [1.807, 2.05) is 20.8 Å². The van der Waals surface area contributed by atoms with Crippen molar-refractivity contribution in [2.45, 2.75) is 33.2 Å². The molecule has 2 aromatic rings. The van der Waals surface area contributed by atoms with Crippen molar-refractivity contribution in [3.8, 4) is 5.75 Å². The molecule has 1 N–H and O–H groups in total. The van der Waals surface area contributed by atoms with Crippen LogP contribution in [0.3, 0.4) is 0 Å². The van der Waals surface area contributed by atoms with Crippen LogP contribution in [0, 0.1) is 12.8 Å². The van der Waals surface area contributed by atoms with Crippen LogP contribution in [0.5, 0.6) is 5.75 Å². The van der Waals surface area contributed by atoms with Crippen molar-refractivity contribution >= 4 is 22.8 Å². The molecule has 1 heterocycles. The molecule has 7 heteroatoms. The summed E-state index contributed by atoms with van der Waals surface area (Å²) in [4.78, 5) is 35.4. The summed E-state index contributed by atoms with van der Waals surface area (Å²) in [5.74, 6) is -0.606. The number of amides is 1. The number of carbonyl (C=O) groups excluding carboxylic acids is 2. The SMILES string of the molecule is CCC(C)[C@@H](NC(=O)COc1ccc2c(C)cc(=O)oc2c1)C(=O)OC. The summed E-state index contributed by atoms with van der Waals surface area (Å²) in [5.41, 5.74) is 0.745. The number of rotatable bonds is 7. The van der Waals surface area contributed by atoms with Crippen molar-refractivity contribution in [1.29, 1.82) is 0 Å². The number of fused-ring (bicyclic) bond motifs is 1. The number of benzene rings is 1. The van der Waals surface area contributed by atoms with Gasteiger partial charge in [0.15, 0.2) is 6.61 Å². The molecule has 140 valence electrons. The summed E-state index contributed by atoms with van der Waals surface area (Å²) in [6.07, 6.45) is 0.712. The van der Waals surface area contributed by atoms with Crippen LogP contribution >= 0.6 is 0 Å². The van der Waals surface area contributed by atoms with Crippen molar-refractivity contribution in [1.82, 2.24) is 5.32 Å². The lowest BCUT2D eigenvalue weighted by Gasteiger charge is -2.21. The van der Waals surface area contributed by atoms with Crippen LogP contribution in [-0.2, 0) is 14.3 Å². The van der Waals surface area contributed by atoms with E-state index >= 15 is 0 Å². The van der Waals surface area contributed by atoms with Crippen molar-refractivity contribution in [3.05, 3.63) is 40.2 Å². The van der Waals surface area contributed by atoms with Crippen molar-refractivity contribution in [3.63, 3.8) is 0 Å². The van der Waals surface area contributed by atoms with Crippen LogP contribution in [0.15, 0.2) is 33.5 Å². The molecule has 0 saturated heterocycles. The third-order valence-electron chi connectivity index (χ3n) is 4.28. The van der Waals surface area contributed by atoms with E-state index in [0.29, 0.717) is 17.8 Å². The van der Waals surface area contributed by atoms with Gasteiger partial charge >= 0.3 is 11.6 Å². The first-order valence-corrected chi connectivity index (χ1v) is 8.40. The lowest BCUT2D eigenvalue weighted by molar-refractivity contribution is -0.146. The van der Waals surface area contributed by atoms with Gasteiger partial charge < -0.3 is 19.2 Å². The third-order valence-corrected chi connectivity index (χ3v) is 4.28. The number of carbonyl (C=O) groups is 2. The number of methoxy groups -OCH3 is 1. The van der Waals surface area contributed by atoms with Gasteiger partial charge in [0.2, 0.25) is 0 Å². The molecule has 2 atom stereocenters. The summed E-state index contributed by atoms with van der Waals surface area (Å²) < 4.78 is 15.3. The quantitative estimate of drug-likeness (QED) is 0.600. The minimum atomic E-state index is -0.724. The summed E-state index contributed by atoms with van der Waals surface area (Å²) in [7, 11) is 1.28. The van der Waals surface area contributed by atoms with E-state index < -0.39 is 23.5 Å². The van der Waals surface area contributed by atoms with Gasteiger partial charge in [-0.2, -0.15) is 0 Å². The average Bonchev–Trinajstić information content (AvgIpc) is 2.62. The Morgan fingerprint density at radius 3 is 2.65 bits per heavy atom. The Balaban J connectivity index is 2.05. The molecule has 1 aromatic carbocycles. The van der Waals surface area contributed by atoms with E-state index in [1.165, 1.54) is 13.2 Å². The predicted molar refractivity (Wildman–Crippen MR) is 96.1 cm³/mol. The standard InChI is InChI=1S/C19H23NO6/c1-5-11(2)18(19(23)24-4)20-16(21)10-25-13-6-7-14-12(3)8-17(22)26-15(14)9-13/h6-9,11,18H,5,10H2,1-4H3,(H,20,21)/t11?,18-/m1/s1. The van der Waals surface area contributed by atoms with E-state index in [-0.39, 0.29) is 12.5 Å². The van der Waals surface area contributed by atoms with Gasteiger partial charge in [-0.25, -0.2) is 9.59 Å². The minimum Gasteiger partial charge on any atom is -0.484 e. The molecule has 0 aliphatic carbocycles. The van der Waals surface area contributed by atoms with Gasteiger partial charge in [0, 0.05) is 17.5 Å². The summed E-state index contributed by atoms with van der Waals surface area (Å²) in [5, 5.41) is 3.43. The van der Waals surface area contributed by atoms with Crippen LogP contribution in [0.4, 0.5) is 0 Å². The Labute approximate surface area is 151 Å². The van der Waals surface area contributed by atoms with E-state index in [4.69, 9.17) is 13.9 Å². The molecule has 0 bridgehead atoms. The van der Waals surface area contributed by atoms with Crippen LogP contribution in [-0.4, -0.2) is 31.6 Å². The zero-order chi connectivity index (χ0) is 19.3. The minimum absolute atomic E-state index is 0.0654. The van der Waals surface area contributed by atoms with E-state index in [1.54, 1.807) is 18.2 Å². The molecule has 1 amide bonds. The molecule has 1 aromatic heterocycles. The first kappa shape index (κ1) is 19.5. The number of hydrogen-bond acceptors (Lipinski definition) is 6. The average molecular weight is 361 g/mol. The fourth-order valence-electron chi connectivity index (χ4n) is 2.56. The lowest BCUT2D eigenvalue weighted by Crippen LogP contribution is -2.47. The largest absolute Gasteiger partial charge is 0.484 e. The number of esters is 1. The van der Waals surface area contributed by atoms with Gasteiger partial charge in [0.25, 0.3) is 5.91 Å². The molecule has 1 unspecified atom stereocenters. The summed E-state index contributed by atoms with van der Waals surface area (Å²) in [6.45, 7) is 5.32. The summed E-state index contributed by atoms with van der Waals surface area (Å²) >= 11 is 0. The maximum absolute atomic E-state index is 12.1. The molecule has 0 fully saturated rings. The zero-order valence-electron chi connectivity index (χ0n) is 15.3. The lowest BCUT2D eigenvalue weighted by atomic mass is 9.99. The Morgan fingerprint density at radius 1 is 1.27 bits per heavy atom. The van der Waals surface area contributed by atoms with Crippen molar-refractivity contribution in [2.24, 2.45) is 5.92 Å². The highest BCUT2D eigenvalue weighted by atomic mass is 16.5. The highest BCUT2D eigenvalue weighted by Crippen LogP contribution is 2.22. The highest BCUT2D eigenvalue weighted by Gasteiger charge is 2.26. The Hall–Kier alpha value is -2.83. The first-order valence-electron chi connectivity index (χ1n) is 8.40. The molecular weight excluding hydrogens is 338 g/mol. The number of ether oxygens (including phenoxy) is 2.